The van der Waals surface area contributed by atoms with Crippen molar-refractivity contribution in [2.75, 3.05) is 9.80 Å². The van der Waals surface area contributed by atoms with Crippen LogP contribution in [0.4, 0.5) is 34.1 Å². The van der Waals surface area contributed by atoms with Crippen molar-refractivity contribution in [1.82, 2.24) is 4.98 Å². The van der Waals surface area contributed by atoms with E-state index in [0.717, 1.165) is 78.5 Å². The monoisotopic (exact) mass is 829 g/mol. The summed E-state index contributed by atoms with van der Waals surface area (Å²) in [4.78, 5) is 8.91. The number of benzene rings is 11. The lowest BCUT2D eigenvalue weighted by atomic mass is 9.84. The smallest absolute Gasteiger partial charge is 0.0552 e. The first-order chi connectivity index (χ1) is 32.3. The molecule has 3 heteroatoms. The SMILES string of the molecule is c1ccc(-c2cc3c([nH]c4ccccc43)c(-c3ccccc3N(c3ccccc3)c3cccc4ccccc34)c2-c2ccccc2N(c2ccccc2)c2cccc3ccccc23)cc1. The summed E-state index contributed by atoms with van der Waals surface area (Å²) in [5.74, 6) is 0. The molecule has 3 nitrogen and oxygen atoms in total. The van der Waals surface area contributed by atoms with E-state index in [1.54, 1.807) is 0 Å². The Morgan fingerprint density at radius 2 is 0.692 bits per heavy atom. The highest BCUT2D eigenvalue weighted by atomic mass is 15.2. The summed E-state index contributed by atoms with van der Waals surface area (Å²) in [5.41, 5.74) is 15.5. The van der Waals surface area contributed by atoms with E-state index in [2.05, 4.69) is 270 Å². The average molecular weight is 830 g/mol. The number of aromatic nitrogens is 1. The van der Waals surface area contributed by atoms with Crippen molar-refractivity contribution in [2.24, 2.45) is 0 Å². The Balaban J connectivity index is 1.24. The maximum Gasteiger partial charge on any atom is 0.0552 e. The van der Waals surface area contributed by atoms with Gasteiger partial charge < -0.3 is 14.8 Å². The molecule has 0 spiro atoms. The first-order valence-corrected chi connectivity index (χ1v) is 22.3. The molecule has 0 amide bonds. The van der Waals surface area contributed by atoms with Crippen LogP contribution < -0.4 is 9.80 Å². The Morgan fingerprint density at radius 1 is 0.277 bits per heavy atom. The van der Waals surface area contributed by atoms with Gasteiger partial charge in [-0.15, -0.1) is 0 Å². The number of fused-ring (bicyclic) bond motifs is 5. The van der Waals surface area contributed by atoms with Crippen LogP contribution in [0.25, 0.3) is 76.7 Å². The van der Waals surface area contributed by atoms with E-state index in [-0.39, 0.29) is 0 Å². The van der Waals surface area contributed by atoms with Gasteiger partial charge in [0.05, 0.1) is 28.3 Å². The minimum atomic E-state index is 1.08. The molecule has 12 aromatic rings. The van der Waals surface area contributed by atoms with E-state index in [1.165, 1.54) is 32.3 Å². The van der Waals surface area contributed by atoms with Crippen molar-refractivity contribution in [1.29, 1.82) is 0 Å². The molecular weight excluding hydrogens is 787 g/mol. The molecule has 0 aliphatic carbocycles. The zero-order chi connectivity index (χ0) is 43.1. The zero-order valence-corrected chi connectivity index (χ0v) is 35.6. The minimum absolute atomic E-state index is 1.08. The van der Waals surface area contributed by atoms with Crippen LogP contribution in [0, 0.1) is 0 Å². The van der Waals surface area contributed by atoms with Crippen LogP contribution in [-0.2, 0) is 0 Å². The van der Waals surface area contributed by atoms with Gasteiger partial charge in [-0.05, 0) is 82.6 Å². The zero-order valence-electron chi connectivity index (χ0n) is 35.6. The quantitative estimate of drug-likeness (QED) is 0.157. The summed E-state index contributed by atoms with van der Waals surface area (Å²) in [6.45, 7) is 0. The van der Waals surface area contributed by atoms with Gasteiger partial charge >= 0.3 is 0 Å². The van der Waals surface area contributed by atoms with Crippen molar-refractivity contribution in [2.45, 2.75) is 0 Å². The van der Waals surface area contributed by atoms with Gasteiger partial charge in [0.15, 0.2) is 0 Å². The summed E-state index contributed by atoms with van der Waals surface area (Å²) in [6, 6.07) is 92.3. The van der Waals surface area contributed by atoms with E-state index in [4.69, 9.17) is 0 Å². The fourth-order valence-electron chi connectivity index (χ4n) is 9.92. The largest absolute Gasteiger partial charge is 0.354 e. The topological polar surface area (TPSA) is 22.3 Å². The van der Waals surface area contributed by atoms with E-state index in [9.17, 15) is 0 Å². The van der Waals surface area contributed by atoms with Gasteiger partial charge in [0.1, 0.15) is 0 Å². The minimum Gasteiger partial charge on any atom is -0.354 e. The number of aromatic amines is 1. The van der Waals surface area contributed by atoms with Crippen LogP contribution in [0.1, 0.15) is 0 Å². The maximum absolute atomic E-state index is 4.01. The van der Waals surface area contributed by atoms with E-state index in [0.29, 0.717) is 0 Å². The molecule has 12 rings (SSSR count). The van der Waals surface area contributed by atoms with Crippen molar-refractivity contribution >= 4 is 77.5 Å². The predicted molar refractivity (Wildman–Crippen MR) is 276 cm³/mol. The second-order valence-electron chi connectivity index (χ2n) is 16.5. The first kappa shape index (κ1) is 38.0. The second kappa shape index (κ2) is 16.2. The highest BCUT2D eigenvalue weighted by Crippen LogP contribution is 2.54. The molecule has 11 aromatic carbocycles. The van der Waals surface area contributed by atoms with Crippen molar-refractivity contribution in [3.63, 3.8) is 0 Å². The Bertz CT molecular complexity index is 3660. The fraction of sp³-hybridized carbons (Fsp3) is 0. The number of H-pyrrole nitrogens is 1. The van der Waals surface area contributed by atoms with Crippen LogP contribution in [0.3, 0.4) is 0 Å². The molecule has 1 aromatic heterocycles. The van der Waals surface area contributed by atoms with Crippen molar-refractivity contribution < 1.29 is 0 Å². The molecule has 1 heterocycles. The molecule has 0 radical (unpaired) electrons. The van der Waals surface area contributed by atoms with Crippen molar-refractivity contribution in [3.05, 3.63) is 255 Å². The molecule has 65 heavy (non-hydrogen) atoms. The van der Waals surface area contributed by atoms with Crippen LogP contribution >= 0.6 is 0 Å². The molecule has 0 saturated heterocycles. The highest BCUT2D eigenvalue weighted by Gasteiger charge is 2.28. The summed E-state index contributed by atoms with van der Waals surface area (Å²) in [6.07, 6.45) is 0. The molecule has 0 unspecified atom stereocenters. The highest BCUT2D eigenvalue weighted by molar-refractivity contribution is 6.20. The van der Waals surface area contributed by atoms with Crippen LogP contribution in [0.15, 0.2) is 255 Å². The second-order valence-corrected chi connectivity index (χ2v) is 16.5. The summed E-state index contributed by atoms with van der Waals surface area (Å²) in [5, 5.41) is 7.11. The third-order valence-electron chi connectivity index (χ3n) is 12.8. The van der Waals surface area contributed by atoms with E-state index < -0.39 is 0 Å². The molecule has 0 atom stereocenters. The predicted octanol–water partition coefficient (Wildman–Crippen LogP) is 17.6. The number of anilines is 6. The molecule has 0 aliphatic rings. The van der Waals surface area contributed by atoms with Gasteiger partial charge in [-0.3, -0.25) is 0 Å². The summed E-state index contributed by atoms with van der Waals surface area (Å²) in [7, 11) is 0. The van der Waals surface area contributed by atoms with Crippen molar-refractivity contribution in [3.8, 4) is 33.4 Å². The van der Waals surface area contributed by atoms with Gasteiger partial charge in [0, 0.05) is 60.7 Å². The average Bonchev–Trinajstić information content (AvgIpc) is 3.76. The Hall–Kier alpha value is -8.66. The molecule has 0 aliphatic heterocycles. The third kappa shape index (κ3) is 6.61. The number of nitrogens with zero attached hydrogens (tertiary/aromatic N) is 2. The first-order valence-electron chi connectivity index (χ1n) is 22.3. The van der Waals surface area contributed by atoms with E-state index >= 15 is 0 Å². The number of rotatable bonds is 9. The lowest BCUT2D eigenvalue weighted by Gasteiger charge is -2.32. The van der Waals surface area contributed by atoms with Crippen LogP contribution in [-0.4, -0.2) is 4.98 Å². The summed E-state index contributed by atoms with van der Waals surface area (Å²) < 4.78 is 0. The number of nitrogens with one attached hydrogen (secondary N) is 1. The van der Waals surface area contributed by atoms with Crippen LogP contribution in [0.2, 0.25) is 0 Å². The van der Waals surface area contributed by atoms with E-state index in [1.807, 2.05) is 0 Å². The van der Waals surface area contributed by atoms with Gasteiger partial charge in [-0.25, -0.2) is 0 Å². The molecule has 0 bridgehead atoms. The maximum atomic E-state index is 4.01. The molecule has 306 valence electrons. The lowest BCUT2D eigenvalue weighted by molar-refractivity contribution is 1.29. The van der Waals surface area contributed by atoms with Crippen LogP contribution in [0.5, 0.6) is 0 Å². The Kier molecular flexibility index (Phi) is 9.50. The fourth-order valence-corrected chi connectivity index (χ4v) is 9.92. The Labute approximate surface area is 378 Å². The Morgan fingerprint density at radius 3 is 1.26 bits per heavy atom. The standard InChI is InChI=1S/C62H43N3/c1-4-22-45(23-5-1)53-42-54-50-34-14-17-37-55(50)63-62(54)61(52-36-16-19-39-59(52)65(47-30-8-3-9-31-47)57-41-21-27-44-25-11-13-33-49(44)57)60(53)51-35-15-18-38-58(51)64(46-28-6-2-7-29-46)56-40-20-26-43-24-10-12-32-48(43)56/h1-42,63H. The third-order valence-corrected chi connectivity index (χ3v) is 12.8. The molecule has 0 fully saturated rings. The molecule has 1 N–H and O–H groups in total. The summed E-state index contributed by atoms with van der Waals surface area (Å²) >= 11 is 0. The van der Waals surface area contributed by atoms with Gasteiger partial charge in [-0.1, -0.05) is 194 Å². The van der Waals surface area contributed by atoms with Gasteiger partial charge in [0.25, 0.3) is 0 Å². The molecule has 0 saturated carbocycles. The number of para-hydroxylation sites is 5. The van der Waals surface area contributed by atoms with Gasteiger partial charge in [-0.2, -0.15) is 0 Å². The number of hydrogen-bond donors (Lipinski definition) is 1. The lowest BCUT2D eigenvalue weighted by Crippen LogP contribution is -2.13. The number of hydrogen-bond acceptors (Lipinski definition) is 2. The molecular formula is C62H43N3. The van der Waals surface area contributed by atoms with Gasteiger partial charge in [0.2, 0.25) is 0 Å². The normalized spacial score (nSPS) is 11.4.